The van der Waals surface area contributed by atoms with Crippen molar-refractivity contribution in [2.45, 2.75) is 56.2 Å². The summed E-state index contributed by atoms with van der Waals surface area (Å²) < 4.78 is 25.9. The molecule has 1 aliphatic rings. The molecule has 1 saturated carbocycles. The molecule has 0 amide bonds. The summed E-state index contributed by atoms with van der Waals surface area (Å²) in [5.74, 6) is 0.478. The predicted octanol–water partition coefficient (Wildman–Crippen LogP) is 2.85. The average Bonchev–Trinajstić information content (AvgIpc) is 2.41. The number of aryl methyl sites for hydroxylation is 2. The zero-order valence-corrected chi connectivity index (χ0v) is 13.6. The van der Waals surface area contributed by atoms with Crippen LogP contribution in [0.1, 0.15) is 37.3 Å². The van der Waals surface area contributed by atoms with Gasteiger partial charge in [0.2, 0.25) is 0 Å². The molecule has 0 aromatic heterocycles. The van der Waals surface area contributed by atoms with Crippen LogP contribution in [0.2, 0.25) is 0 Å². The Kier molecular flexibility index (Phi) is 4.55. The van der Waals surface area contributed by atoms with Gasteiger partial charge in [0, 0.05) is 6.04 Å². The molecule has 1 aromatic carbocycles. The molecular weight excluding hydrogens is 270 g/mol. The predicted molar refractivity (Wildman–Crippen MR) is 82.8 cm³/mol. The van der Waals surface area contributed by atoms with Crippen LogP contribution in [0.15, 0.2) is 23.1 Å². The zero-order valence-electron chi connectivity index (χ0n) is 12.8. The van der Waals surface area contributed by atoms with Crippen molar-refractivity contribution in [1.82, 2.24) is 5.32 Å². The highest BCUT2D eigenvalue weighted by Crippen LogP contribution is 2.32. The maximum atomic E-state index is 12.9. The van der Waals surface area contributed by atoms with E-state index in [1.807, 2.05) is 33.0 Å². The summed E-state index contributed by atoms with van der Waals surface area (Å²) in [6.07, 6.45) is 2.79. The molecule has 0 saturated heterocycles. The van der Waals surface area contributed by atoms with Crippen LogP contribution in [0.5, 0.6) is 0 Å². The Morgan fingerprint density at radius 3 is 2.45 bits per heavy atom. The van der Waals surface area contributed by atoms with E-state index >= 15 is 0 Å². The maximum Gasteiger partial charge on any atom is 0.182 e. The van der Waals surface area contributed by atoms with Crippen LogP contribution in [-0.4, -0.2) is 26.8 Å². The monoisotopic (exact) mass is 295 g/mol. The average molecular weight is 295 g/mol. The lowest BCUT2D eigenvalue weighted by atomic mass is 9.87. The van der Waals surface area contributed by atoms with Crippen molar-refractivity contribution < 1.29 is 8.42 Å². The first-order valence-corrected chi connectivity index (χ1v) is 8.89. The molecule has 20 heavy (non-hydrogen) atoms. The summed E-state index contributed by atoms with van der Waals surface area (Å²) in [5.41, 5.74) is 2.17. The summed E-state index contributed by atoms with van der Waals surface area (Å²) in [5, 5.41) is 2.89. The van der Waals surface area contributed by atoms with E-state index < -0.39 is 9.84 Å². The Morgan fingerprint density at radius 2 is 1.85 bits per heavy atom. The van der Waals surface area contributed by atoms with Crippen LogP contribution in [0.25, 0.3) is 0 Å². The van der Waals surface area contributed by atoms with Crippen molar-refractivity contribution in [1.29, 1.82) is 0 Å². The number of nitrogens with one attached hydrogen (secondary N) is 1. The molecule has 4 heteroatoms. The van der Waals surface area contributed by atoms with Gasteiger partial charge in [-0.15, -0.1) is 0 Å². The lowest BCUT2D eigenvalue weighted by Crippen LogP contribution is -2.46. The third-order valence-corrected chi connectivity index (χ3v) is 6.86. The molecule has 1 fully saturated rings. The lowest BCUT2D eigenvalue weighted by molar-refractivity contribution is 0.319. The normalized spacial score (nSPS) is 27.5. The number of hydrogen-bond acceptors (Lipinski definition) is 3. The first-order chi connectivity index (χ1) is 9.36. The number of sulfone groups is 1. The van der Waals surface area contributed by atoms with E-state index in [4.69, 9.17) is 0 Å². The van der Waals surface area contributed by atoms with E-state index in [-0.39, 0.29) is 11.3 Å². The Morgan fingerprint density at radius 1 is 1.15 bits per heavy atom. The molecule has 0 heterocycles. The fourth-order valence-electron chi connectivity index (χ4n) is 3.07. The molecule has 3 nitrogen and oxygen atoms in total. The molecular formula is C16H25NO2S. The van der Waals surface area contributed by atoms with E-state index in [2.05, 4.69) is 12.2 Å². The Labute approximate surface area is 122 Å². The summed E-state index contributed by atoms with van der Waals surface area (Å²) in [7, 11) is -1.39. The minimum absolute atomic E-state index is 0.0674. The van der Waals surface area contributed by atoms with Gasteiger partial charge in [0.25, 0.3) is 0 Å². The molecule has 0 spiro atoms. The van der Waals surface area contributed by atoms with Gasteiger partial charge in [0.05, 0.1) is 10.1 Å². The molecule has 0 aliphatic heterocycles. The van der Waals surface area contributed by atoms with Gasteiger partial charge >= 0.3 is 0 Å². The van der Waals surface area contributed by atoms with Crippen LogP contribution >= 0.6 is 0 Å². The standard InChI is InChI=1S/C16H25NO2S/c1-11-5-8-15(17-4)16(9-11)20(18,19)14-7-6-12(2)13(3)10-14/h6-7,10-11,15-17H,5,8-9H2,1-4H3. The van der Waals surface area contributed by atoms with Crippen LogP contribution in [-0.2, 0) is 9.84 Å². The van der Waals surface area contributed by atoms with Crippen molar-refractivity contribution in [3.05, 3.63) is 29.3 Å². The van der Waals surface area contributed by atoms with Gasteiger partial charge in [-0.05, 0) is 69.3 Å². The fourth-order valence-corrected chi connectivity index (χ4v) is 5.30. The van der Waals surface area contributed by atoms with Crippen molar-refractivity contribution in [3.63, 3.8) is 0 Å². The Bertz CT molecular complexity index is 580. The zero-order chi connectivity index (χ0) is 14.9. The van der Waals surface area contributed by atoms with E-state index in [0.29, 0.717) is 10.8 Å². The first-order valence-electron chi connectivity index (χ1n) is 7.34. The van der Waals surface area contributed by atoms with Gasteiger partial charge in [0.1, 0.15) is 0 Å². The highest BCUT2D eigenvalue weighted by atomic mass is 32.2. The summed E-state index contributed by atoms with van der Waals surface area (Å²) in [6.45, 7) is 6.12. The van der Waals surface area contributed by atoms with Crippen molar-refractivity contribution >= 4 is 9.84 Å². The second-order valence-electron chi connectivity index (χ2n) is 6.14. The molecule has 3 unspecified atom stereocenters. The van der Waals surface area contributed by atoms with Gasteiger partial charge in [-0.1, -0.05) is 13.0 Å². The van der Waals surface area contributed by atoms with Crippen LogP contribution in [0, 0.1) is 19.8 Å². The molecule has 1 N–H and O–H groups in total. The molecule has 1 aliphatic carbocycles. The third-order valence-electron chi connectivity index (χ3n) is 4.63. The van der Waals surface area contributed by atoms with Crippen LogP contribution in [0.3, 0.4) is 0 Å². The number of hydrogen-bond donors (Lipinski definition) is 1. The summed E-state index contributed by atoms with van der Waals surface area (Å²) in [4.78, 5) is 0.472. The molecule has 0 radical (unpaired) electrons. The quantitative estimate of drug-likeness (QED) is 0.932. The van der Waals surface area contributed by atoms with E-state index in [1.54, 1.807) is 6.07 Å². The van der Waals surface area contributed by atoms with Gasteiger partial charge in [-0.3, -0.25) is 0 Å². The largest absolute Gasteiger partial charge is 0.316 e. The van der Waals surface area contributed by atoms with E-state index in [0.717, 1.165) is 30.4 Å². The minimum atomic E-state index is -3.26. The fraction of sp³-hybridized carbons (Fsp3) is 0.625. The molecule has 3 atom stereocenters. The molecule has 1 aromatic rings. The summed E-state index contributed by atoms with van der Waals surface area (Å²) in [6, 6.07) is 5.54. The maximum absolute atomic E-state index is 12.9. The second-order valence-corrected chi connectivity index (χ2v) is 8.31. The highest BCUT2D eigenvalue weighted by Gasteiger charge is 2.38. The third kappa shape index (κ3) is 2.91. The number of rotatable bonds is 3. The lowest BCUT2D eigenvalue weighted by Gasteiger charge is -2.34. The van der Waals surface area contributed by atoms with Gasteiger partial charge < -0.3 is 5.32 Å². The SMILES string of the molecule is CNC1CCC(C)CC1S(=O)(=O)c1ccc(C)c(C)c1. The number of benzene rings is 1. The van der Waals surface area contributed by atoms with Crippen LogP contribution < -0.4 is 5.32 Å². The Balaban J connectivity index is 2.39. The van der Waals surface area contributed by atoms with Gasteiger partial charge in [-0.2, -0.15) is 0 Å². The van der Waals surface area contributed by atoms with E-state index in [1.165, 1.54) is 0 Å². The molecule has 0 bridgehead atoms. The van der Waals surface area contributed by atoms with E-state index in [9.17, 15) is 8.42 Å². The van der Waals surface area contributed by atoms with Crippen molar-refractivity contribution in [3.8, 4) is 0 Å². The van der Waals surface area contributed by atoms with Crippen molar-refractivity contribution in [2.24, 2.45) is 5.92 Å². The smallest absolute Gasteiger partial charge is 0.182 e. The highest BCUT2D eigenvalue weighted by molar-refractivity contribution is 7.92. The van der Waals surface area contributed by atoms with Crippen LogP contribution in [0.4, 0.5) is 0 Å². The second kappa shape index (κ2) is 5.86. The Hall–Kier alpha value is -0.870. The van der Waals surface area contributed by atoms with Gasteiger partial charge in [0.15, 0.2) is 9.84 Å². The minimum Gasteiger partial charge on any atom is -0.316 e. The molecule has 2 rings (SSSR count). The molecule has 112 valence electrons. The summed E-state index contributed by atoms with van der Waals surface area (Å²) >= 11 is 0. The van der Waals surface area contributed by atoms with Crippen molar-refractivity contribution in [2.75, 3.05) is 7.05 Å². The van der Waals surface area contributed by atoms with Gasteiger partial charge in [-0.25, -0.2) is 8.42 Å². The first kappa shape index (κ1) is 15.5. The topological polar surface area (TPSA) is 46.2 Å².